The first-order chi connectivity index (χ1) is 9.56. The van der Waals surface area contributed by atoms with Crippen molar-refractivity contribution >= 4 is 45.0 Å². The van der Waals surface area contributed by atoms with Crippen LogP contribution in [0.25, 0.3) is 0 Å². The average molecular weight is 351 g/mol. The fourth-order valence-electron chi connectivity index (χ4n) is 1.64. The van der Waals surface area contributed by atoms with Crippen molar-refractivity contribution in [2.45, 2.75) is 17.1 Å². The predicted molar refractivity (Wildman–Crippen MR) is 88.9 cm³/mol. The van der Waals surface area contributed by atoms with E-state index in [9.17, 15) is 4.79 Å². The van der Waals surface area contributed by atoms with Gasteiger partial charge in [0, 0.05) is 20.7 Å². The van der Waals surface area contributed by atoms with Gasteiger partial charge in [0.25, 0.3) is 0 Å². The Morgan fingerprint density at radius 2 is 2.00 bits per heavy atom. The predicted octanol–water partition coefficient (Wildman–Crippen LogP) is 4.15. The molecule has 1 amide bonds. The number of rotatable bonds is 4. The van der Waals surface area contributed by atoms with Gasteiger partial charge in [-0.1, -0.05) is 18.2 Å². The topological polar surface area (TPSA) is 55.1 Å². The van der Waals surface area contributed by atoms with Gasteiger partial charge in [-0.2, -0.15) is 0 Å². The third kappa shape index (κ3) is 4.02. The van der Waals surface area contributed by atoms with Gasteiger partial charge in [0.1, 0.15) is 0 Å². The molecule has 0 aliphatic rings. The van der Waals surface area contributed by atoms with Crippen LogP contribution < -0.4 is 11.1 Å². The second-order valence-electron chi connectivity index (χ2n) is 4.31. The Morgan fingerprint density at radius 3 is 2.70 bits per heavy atom. The highest BCUT2D eigenvalue weighted by molar-refractivity contribution is 9.10. The molecule has 0 aliphatic heterocycles. The van der Waals surface area contributed by atoms with E-state index in [0.717, 1.165) is 15.1 Å². The van der Waals surface area contributed by atoms with Gasteiger partial charge in [0.15, 0.2) is 0 Å². The molecule has 0 saturated carbocycles. The van der Waals surface area contributed by atoms with E-state index in [2.05, 4.69) is 21.2 Å². The van der Waals surface area contributed by atoms with Gasteiger partial charge in [0.2, 0.25) is 5.91 Å². The van der Waals surface area contributed by atoms with Crippen LogP contribution in [0.1, 0.15) is 6.92 Å². The summed E-state index contributed by atoms with van der Waals surface area (Å²) in [5.41, 5.74) is 7.04. The van der Waals surface area contributed by atoms with Crippen molar-refractivity contribution in [3.05, 3.63) is 53.0 Å². The summed E-state index contributed by atoms with van der Waals surface area (Å²) in [6, 6.07) is 15.0. The van der Waals surface area contributed by atoms with Gasteiger partial charge in [-0.25, -0.2) is 0 Å². The lowest BCUT2D eigenvalue weighted by Gasteiger charge is -2.13. The van der Waals surface area contributed by atoms with E-state index in [1.54, 1.807) is 12.1 Å². The maximum absolute atomic E-state index is 12.2. The van der Waals surface area contributed by atoms with E-state index >= 15 is 0 Å². The largest absolute Gasteiger partial charge is 0.399 e. The van der Waals surface area contributed by atoms with Crippen LogP contribution in [0.2, 0.25) is 0 Å². The molecule has 104 valence electrons. The van der Waals surface area contributed by atoms with Gasteiger partial charge < -0.3 is 11.1 Å². The number of hydrogen-bond donors (Lipinski definition) is 2. The highest BCUT2D eigenvalue weighted by Gasteiger charge is 2.15. The van der Waals surface area contributed by atoms with Gasteiger partial charge in [-0.05, 0) is 53.2 Å². The molecule has 0 fully saturated rings. The highest BCUT2D eigenvalue weighted by Crippen LogP contribution is 2.30. The van der Waals surface area contributed by atoms with Crippen molar-refractivity contribution in [1.82, 2.24) is 0 Å². The van der Waals surface area contributed by atoms with E-state index in [1.165, 1.54) is 11.8 Å². The Kier molecular flexibility index (Phi) is 5.09. The van der Waals surface area contributed by atoms with Crippen LogP contribution in [0.15, 0.2) is 57.9 Å². The molecule has 0 spiro atoms. The Labute approximate surface area is 131 Å². The minimum Gasteiger partial charge on any atom is -0.399 e. The molecule has 2 aromatic rings. The van der Waals surface area contributed by atoms with E-state index in [1.807, 2.05) is 43.3 Å². The molecular weight excluding hydrogens is 336 g/mol. The zero-order valence-electron chi connectivity index (χ0n) is 11.0. The molecule has 1 unspecified atom stereocenters. The van der Waals surface area contributed by atoms with Crippen molar-refractivity contribution in [1.29, 1.82) is 0 Å². The average Bonchev–Trinajstić information content (AvgIpc) is 2.41. The van der Waals surface area contributed by atoms with Gasteiger partial charge in [0.05, 0.1) is 5.25 Å². The van der Waals surface area contributed by atoms with Crippen molar-refractivity contribution in [3.8, 4) is 0 Å². The van der Waals surface area contributed by atoms with Crippen molar-refractivity contribution in [2.75, 3.05) is 11.1 Å². The number of hydrogen-bond acceptors (Lipinski definition) is 3. The van der Waals surface area contributed by atoms with Crippen molar-refractivity contribution in [2.24, 2.45) is 0 Å². The van der Waals surface area contributed by atoms with Crippen LogP contribution in [-0.2, 0) is 4.79 Å². The number of nitrogens with one attached hydrogen (secondary N) is 1. The standard InChI is InChI=1S/C15H15BrN2OS/c1-10(20-14-8-3-2-7-13(14)16)15(19)18-12-6-4-5-11(17)9-12/h2-10H,17H2,1H3,(H,18,19). The van der Waals surface area contributed by atoms with E-state index in [4.69, 9.17) is 5.73 Å². The van der Waals surface area contributed by atoms with E-state index in [0.29, 0.717) is 5.69 Å². The molecule has 20 heavy (non-hydrogen) atoms. The zero-order chi connectivity index (χ0) is 14.5. The number of benzene rings is 2. The summed E-state index contributed by atoms with van der Waals surface area (Å²) < 4.78 is 0.994. The molecule has 3 nitrogen and oxygen atoms in total. The first-order valence-corrected chi connectivity index (χ1v) is 7.81. The summed E-state index contributed by atoms with van der Waals surface area (Å²) in [5, 5.41) is 2.67. The summed E-state index contributed by atoms with van der Waals surface area (Å²) in [6.45, 7) is 1.88. The fourth-order valence-corrected chi connectivity index (χ4v) is 3.09. The minimum absolute atomic E-state index is 0.0450. The van der Waals surface area contributed by atoms with Crippen LogP contribution in [0.3, 0.4) is 0 Å². The Morgan fingerprint density at radius 1 is 1.25 bits per heavy atom. The molecule has 2 aromatic carbocycles. The molecule has 0 bridgehead atoms. The quantitative estimate of drug-likeness (QED) is 0.643. The fraction of sp³-hybridized carbons (Fsp3) is 0.133. The maximum atomic E-state index is 12.2. The van der Waals surface area contributed by atoms with Gasteiger partial charge in [-0.3, -0.25) is 4.79 Å². The number of anilines is 2. The summed E-state index contributed by atoms with van der Waals surface area (Å²) in [5.74, 6) is -0.0450. The molecule has 0 saturated heterocycles. The molecule has 0 aromatic heterocycles. The zero-order valence-corrected chi connectivity index (χ0v) is 13.4. The Bertz CT molecular complexity index is 618. The SMILES string of the molecule is CC(Sc1ccccc1Br)C(=O)Nc1cccc(N)c1. The lowest BCUT2D eigenvalue weighted by Crippen LogP contribution is -2.22. The second-order valence-corrected chi connectivity index (χ2v) is 6.54. The summed E-state index contributed by atoms with van der Waals surface area (Å²) in [4.78, 5) is 13.2. The lowest BCUT2D eigenvalue weighted by atomic mass is 10.3. The van der Waals surface area contributed by atoms with Gasteiger partial charge >= 0.3 is 0 Å². The third-order valence-corrected chi connectivity index (χ3v) is 4.80. The first kappa shape index (κ1) is 14.9. The first-order valence-electron chi connectivity index (χ1n) is 6.14. The Hall–Kier alpha value is -1.46. The normalized spacial score (nSPS) is 11.9. The molecule has 3 N–H and O–H groups in total. The monoisotopic (exact) mass is 350 g/mol. The number of nitrogen functional groups attached to an aromatic ring is 1. The van der Waals surface area contributed by atoms with Gasteiger partial charge in [-0.15, -0.1) is 11.8 Å². The van der Waals surface area contributed by atoms with Crippen LogP contribution in [0.4, 0.5) is 11.4 Å². The van der Waals surface area contributed by atoms with Crippen LogP contribution in [0, 0.1) is 0 Å². The van der Waals surface area contributed by atoms with Crippen molar-refractivity contribution in [3.63, 3.8) is 0 Å². The molecule has 0 radical (unpaired) electrons. The maximum Gasteiger partial charge on any atom is 0.237 e. The smallest absolute Gasteiger partial charge is 0.237 e. The summed E-state index contributed by atoms with van der Waals surface area (Å²) in [6.07, 6.45) is 0. The summed E-state index contributed by atoms with van der Waals surface area (Å²) >= 11 is 4.99. The lowest BCUT2D eigenvalue weighted by molar-refractivity contribution is -0.115. The number of nitrogens with two attached hydrogens (primary N) is 1. The molecule has 0 heterocycles. The highest BCUT2D eigenvalue weighted by atomic mass is 79.9. The minimum atomic E-state index is -0.199. The van der Waals surface area contributed by atoms with Crippen LogP contribution in [-0.4, -0.2) is 11.2 Å². The number of amides is 1. The third-order valence-electron chi connectivity index (χ3n) is 2.66. The van der Waals surface area contributed by atoms with Crippen LogP contribution >= 0.6 is 27.7 Å². The van der Waals surface area contributed by atoms with E-state index in [-0.39, 0.29) is 11.2 Å². The second kappa shape index (κ2) is 6.81. The number of carbonyl (C=O) groups is 1. The molecular formula is C15H15BrN2OS. The molecule has 2 rings (SSSR count). The number of halogens is 1. The molecule has 0 aliphatic carbocycles. The number of thioether (sulfide) groups is 1. The van der Waals surface area contributed by atoms with Crippen LogP contribution in [0.5, 0.6) is 0 Å². The Balaban J connectivity index is 2.01. The summed E-state index contributed by atoms with van der Waals surface area (Å²) in [7, 11) is 0. The van der Waals surface area contributed by atoms with E-state index < -0.39 is 0 Å². The molecule has 5 heteroatoms. The number of carbonyl (C=O) groups excluding carboxylic acids is 1. The van der Waals surface area contributed by atoms with Crippen molar-refractivity contribution < 1.29 is 4.79 Å². The molecule has 1 atom stereocenters.